The average Bonchev–Trinajstić information content (AvgIpc) is 2.86. The van der Waals surface area contributed by atoms with Gasteiger partial charge in [0.25, 0.3) is 6.43 Å². The second-order valence-corrected chi connectivity index (χ2v) is 4.99. The molecule has 0 fully saturated rings. The van der Waals surface area contributed by atoms with Crippen LogP contribution < -0.4 is 5.32 Å². The molecule has 0 saturated heterocycles. The first-order valence-corrected chi connectivity index (χ1v) is 7.37. The third-order valence-electron chi connectivity index (χ3n) is 2.98. The predicted molar refractivity (Wildman–Crippen MR) is 79.0 cm³/mol. The highest BCUT2D eigenvalue weighted by Gasteiger charge is 2.26. The van der Waals surface area contributed by atoms with Crippen LogP contribution in [-0.4, -0.2) is 40.1 Å². The maximum absolute atomic E-state index is 12.6. The molecule has 1 rings (SSSR count). The first-order valence-electron chi connectivity index (χ1n) is 6.73. The standard InChI is InChI=1S/C13H19F2N3O3S/c1-4-21-13(20)10(6-22)16-12(19)8(3)18-7(2)5-9(17-18)11(14)15/h5,8,10-11,22H,4,6H2,1-3H3,(H,16,19)/t8-,10-/m0/s1. The lowest BCUT2D eigenvalue weighted by Crippen LogP contribution is -2.45. The minimum Gasteiger partial charge on any atom is -0.464 e. The Kier molecular flexibility index (Phi) is 6.79. The van der Waals surface area contributed by atoms with E-state index in [2.05, 4.69) is 23.0 Å². The van der Waals surface area contributed by atoms with Crippen molar-refractivity contribution in [2.75, 3.05) is 12.4 Å². The summed E-state index contributed by atoms with van der Waals surface area (Å²) >= 11 is 3.99. The van der Waals surface area contributed by atoms with Crippen LogP contribution in [0, 0.1) is 6.92 Å². The Hall–Kier alpha value is -1.64. The van der Waals surface area contributed by atoms with Gasteiger partial charge in [-0.25, -0.2) is 13.6 Å². The lowest BCUT2D eigenvalue weighted by atomic mass is 10.2. The number of thiol groups is 1. The van der Waals surface area contributed by atoms with E-state index in [4.69, 9.17) is 4.74 Å². The maximum Gasteiger partial charge on any atom is 0.329 e. The molecule has 0 bridgehead atoms. The molecule has 0 aliphatic rings. The zero-order chi connectivity index (χ0) is 16.9. The van der Waals surface area contributed by atoms with Crippen LogP contribution in [0.5, 0.6) is 0 Å². The van der Waals surface area contributed by atoms with Gasteiger partial charge in [-0.15, -0.1) is 0 Å². The highest BCUT2D eigenvalue weighted by Crippen LogP contribution is 2.20. The molecule has 1 amide bonds. The fourth-order valence-electron chi connectivity index (χ4n) is 1.84. The second-order valence-electron chi connectivity index (χ2n) is 4.63. The number of hydrogen-bond acceptors (Lipinski definition) is 5. The molecule has 0 aromatic carbocycles. The Morgan fingerprint density at radius 1 is 1.50 bits per heavy atom. The average molecular weight is 335 g/mol. The fraction of sp³-hybridized carbons (Fsp3) is 0.615. The summed E-state index contributed by atoms with van der Waals surface area (Å²) in [7, 11) is 0. The van der Waals surface area contributed by atoms with Gasteiger partial charge in [0.15, 0.2) is 0 Å². The van der Waals surface area contributed by atoms with Gasteiger partial charge in [-0.3, -0.25) is 9.48 Å². The van der Waals surface area contributed by atoms with Crippen molar-refractivity contribution in [1.29, 1.82) is 0 Å². The summed E-state index contributed by atoms with van der Waals surface area (Å²) in [5, 5.41) is 6.19. The number of halogens is 2. The zero-order valence-electron chi connectivity index (χ0n) is 12.5. The number of esters is 1. The van der Waals surface area contributed by atoms with E-state index in [0.717, 1.165) is 0 Å². The van der Waals surface area contributed by atoms with E-state index in [1.54, 1.807) is 13.8 Å². The minimum absolute atomic E-state index is 0.0671. The molecule has 6 nitrogen and oxygen atoms in total. The maximum atomic E-state index is 12.6. The Morgan fingerprint density at radius 2 is 2.14 bits per heavy atom. The smallest absolute Gasteiger partial charge is 0.329 e. The van der Waals surface area contributed by atoms with Gasteiger partial charge >= 0.3 is 5.97 Å². The summed E-state index contributed by atoms with van der Waals surface area (Å²) in [4.78, 5) is 23.8. The third-order valence-corrected chi connectivity index (χ3v) is 3.35. The van der Waals surface area contributed by atoms with Crippen molar-refractivity contribution in [1.82, 2.24) is 15.1 Å². The Balaban J connectivity index is 2.82. The zero-order valence-corrected chi connectivity index (χ0v) is 13.4. The van der Waals surface area contributed by atoms with Crippen LogP contribution in [0.4, 0.5) is 8.78 Å². The highest BCUT2D eigenvalue weighted by molar-refractivity contribution is 7.80. The van der Waals surface area contributed by atoms with Gasteiger partial charge in [-0.05, 0) is 26.8 Å². The predicted octanol–water partition coefficient (Wildman–Crippen LogP) is 1.67. The summed E-state index contributed by atoms with van der Waals surface area (Å²) in [6, 6.07) is -0.524. The number of alkyl halides is 2. The van der Waals surface area contributed by atoms with Gasteiger partial charge < -0.3 is 10.1 Å². The molecule has 9 heteroatoms. The number of carbonyl (C=O) groups excluding carboxylic acids is 2. The fourth-order valence-corrected chi connectivity index (χ4v) is 2.08. The molecule has 0 saturated carbocycles. The van der Waals surface area contributed by atoms with Crippen molar-refractivity contribution < 1.29 is 23.1 Å². The van der Waals surface area contributed by atoms with Crippen LogP contribution >= 0.6 is 12.6 Å². The lowest BCUT2D eigenvalue weighted by Gasteiger charge is -2.19. The normalized spacial score (nSPS) is 13.8. The lowest BCUT2D eigenvalue weighted by molar-refractivity contribution is -0.147. The van der Waals surface area contributed by atoms with Gasteiger partial charge in [0.05, 0.1) is 6.61 Å². The van der Waals surface area contributed by atoms with Crippen molar-refractivity contribution >= 4 is 24.5 Å². The highest BCUT2D eigenvalue weighted by atomic mass is 32.1. The van der Waals surface area contributed by atoms with E-state index in [0.29, 0.717) is 5.69 Å². The quantitative estimate of drug-likeness (QED) is 0.587. The number of nitrogens with one attached hydrogen (secondary N) is 1. The van der Waals surface area contributed by atoms with E-state index < -0.39 is 36.1 Å². The van der Waals surface area contributed by atoms with Crippen LogP contribution in [0.2, 0.25) is 0 Å². The molecule has 0 spiro atoms. The van der Waals surface area contributed by atoms with Crippen molar-refractivity contribution in [2.24, 2.45) is 0 Å². The Labute approximate surface area is 132 Å². The van der Waals surface area contributed by atoms with Gasteiger partial charge in [-0.1, -0.05) is 0 Å². The molecule has 1 N–H and O–H groups in total. The molecule has 2 atom stereocenters. The third kappa shape index (κ3) is 4.43. The first kappa shape index (κ1) is 18.4. The molecule has 0 aliphatic carbocycles. The van der Waals surface area contributed by atoms with E-state index in [1.807, 2.05) is 0 Å². The summed E-state index contributed by atoms with van der Waals surface area (Å²) in [6.45, 7) is 4.91. The molecule has 0 radical (unpaired) electrons. The van der Waals surface area contributed by atoms with Crippen molar-refractivity contribution in [2.45, 2.75) is 39.3 Å². The molecule has 1 heterocycles. The molecule has 1 aromatic rings. The molecule has 124 valence electrons. The van der Waals surface area contributed by atoms with Crippen molar-refractivity contribution in [3.8, 4) is 0 Å². The first-order chi connectivity index (χ1) is 10.3. The molecule has 0 aliphatic heterocycles. The Bertz CT molecular complexity index is 537. The number of ether oxygens (including phenoxy) is 1. The number of carbonyl (C=O) groups is 2. The van der Waals surface area contributed by atoms with E-state index >= 15 is 0 Å². The van der Waals surface area contributed by atoms with E-state index in [1.165, 1.54) is 17.7 Å². The second kappa shape index (κ2) is 8.11. The number of hydrogen-bond donors (Lipinski definition) is 2. The summed E-state index contributed by atoms with van der Waals surface area (Å²) in [5.74, 6) is -1.06. The van der Waals surface area contributed by atoms with Gasteiger partial charge in [0.1, 0.15) is 17.8 Å². The number of amides is 1. The summed E-state index contributed by atoms with van der Waals surface area (Å²) in [6.07, 6.45) is -2.71. The number of aromatic nitrogens is 2. The monoisotopic (exact) mass is 335 g/mol. The van der Waals surface area contributed by atoms with Crippen molar-refractivity contribution in [3.63, 3.8) is 0 Å². The molecular formula is C13H19F2N3O3S. The molecular weight excluding hydrogens is 316 g/mol. The van der Waals surface area contributed by atoms with Crippen LogP contribution in [0.1, 0.15) is 37.7 Å². The topological polar surface area (TPSA) is 73.2 Å². The van der Waals surface area contributed by atoms with Crippen LogP contribution in [0.3, 0.4) is 0 Å². The van der Waals surface area contributed by atoms with Crippen LogP contribution in [0.15, 0.2) is 6.07 Å². The number of nitrogens with zero attached hydrogens (tertiary/aromatic N) is 2. The van der Waals surface area contributed by atoms with Crippen molar-refractivity contribution in [3.05, 3.63) is 17.5 Å². The molecule has 0 unspecified atom stereocenters. The van der Waals surface area contributed by atoms with E-state index in [-0.39, 0.29) is 12.4 Å². The summed E-state index contributed by atoms with van der Waals surface area (Å²) < 4.78 is 31.3. The SMILES string of the molecule is CCOC(=O)[C@H](CS)NC(=O)[C@H](C)n1nc(C(F)F)cc1C. The van der Waals surface area contributed by atoms with Crippen LogP contribution in [-0.2, 0) is 14.3 Å². The van der Waals surface area contributed by atoms with E-state index in [9.17, 15) is 18.4 Å². The number of aryl methyl sites for hydroxylation is 1. The minimum atomic E-state index is -2.71. The Morgan fingerprint density at radius 3 is 2.59 bits per heavy atom. The summed E-state index contributed by atoms with van der Waals surface area (Å²) in [5.41, 5.74) is 0.0322. The largest absolute Gasteiger partial charge is 0.464 e. The van der Waals surface area contributed by atoms with Crippen LogP contribution in [0.25, 0.3) is 0 Å². The number of rotatable bonds is 7. The van der Waals surface area contributed by atoms with Gasteiger partial charge in [-0.2, -0.15) is 17.7 Å². The van der Waals surface area contributed by atoms with Gasteiger partial charge in [0, 0.05) is 11.4 Å². The molecule has 1 aromatic heterocycles. The van der Waals surface area contributed by atoms with Gasteiger partial charge in [0.2, 0.25) is 5.91 Å². The molecule has 22 heavy (non-hydrogen) atoms.